The normalized spacial score (nSPS) is 13.5. The van der Waals surface area contributed by atoms with Crippen molar-refractivity contribution in [3.8, 4) is 0 Å². The van der Waals surface area contributed by atoms with Crippen molar-refractivity contribution in [2.24, 2.45) is 0 Å². The molecule has 194 valence electrons. The third-order valence-corrected chi connectivity index (χ3v) is 2.73. The summed E-state index contributed by atoms with van der Waals surface area (Å²) in [6.07, 6.45) is 1.42. The molecule has 0 aromatic rings. The Hall–Kier alpha value is -3.04. The van der Waals surface area contributed by atoms with Crippen molar-refractivity contribution in [2.45, 2.75) is 105 Å². The minimum absolute atomic E-state index is 0.708. The van der Waals surface area contributed by atoms with Gasteiger partial charge in [-0.1, -0.05) is 0 Å². The summed E-state index contributed by atoms with van der Waals surface area (Å²) in [5, 5.41) is 0. The first-order valence-corrected chi connectivity index (χ1v) is 10.7. The highest BCUT2D eigenvalue weighted by molar-refractivity contribution is 5.96. The molecule has 0 saturated heterocycles. The molecule has 0 N–H and O–H groups in total. The van der Waals surface area contributed by atoms with E-state index in [4.69, 9.17) is 28.7 Å². The van der Waals surface area contributed by atoms with Gasteiger partial charge >= 0.3 is 23.9 Å². The zero-order chi connectivity index (χ0) is 27.1. The van der Waals surface area contributed by atoms with Gasteiger partial charge in [0.2, 0.25) is 0 Å². The Labute approximate surface area is 201 Å². The van der Waals surface area contributed by atoms with Crippen LogP contribution in [0.4, 0.5) is 0 Å². The predicted molar refractivity (Wildman–Crippen MR) is 122 cm³/mol. The minimum atomic E-state index is -1.07. The van der Waals surface area contributed by atoms with Gasteiger partial charge in [-0.25, -0.2) is 19.2 Å². The molecule has 0 spiro atoms. The molecule has 0 aliphatic rings. The fourth-order valence-electron chi connectivity index (χ4n) is 1.86. The third-order valence-electron chi connectivity index (χ3n) is 2.73. The minimum Gasteiger partial charge on any atom is -0.457 e. The molecule has 0 heterocycles. The van der Waals surface area contributed by atoms with E-state index in [1.807, 2.05) is 0 Å². The quantitative estimate of drug-likeness (QED) is 0.130. The van der Waals surface area contributed by atoms with Gasteiger partial charge in [-0.15, -0.1) is 0 Å². The third kappa shape index (κ3) is 15.7. The molecule has 0 unspecified atom stereocenters. The largest absolute Gasteiger partial charge is 0.457 e. The first-order chi connectivity index (χ1) is 15.0. The van der Waals surface area contributed by atoms with Gasteiger partial charge in [0, 0.05) is 0 Å². The molecule has 0 radical (unpaired) electrons. The Morgan fingerprint density at radius 3 is 0.882 bits per heavy atom. The molecule has 0 atom stereocenters. The summed E-state index contributed by atoms with van der Waals surface area (Å²) in [5.74, 6) is -5.43. The first kappa shape index (κ1) is 31.0. The molecule has 0 saturated carbocycles. The van der Waals surface area contributed by atoms with Crippen LogP contribution in [0.2, 0.25) is 0 Å². The van der Waals surface area contributed by atoms with E-state index in [9.17, 15) is 19.2 Å². The van der Waals surface area contributed by atoms with Gasteiger partial charge in [-0.05, 0) is 83.1 Å². The maximum atomic E-state index is 12.6. The van der Waals surface area contributed by atoms with Crippen molar-refractivity contribution in [1.29, 1.82) is 0 Å². The van der Waals surface area contributed by atoms with Crippen molar-refractivity contribution in [3.05, 3.63) is 23.7 Å². The van der Waals surface area contributed by atoms with E-state index < -0.39 is 57.8 Å². The Morgan fingerprint density at radius 1 is 0.441 bits per heavy atom. The monoisotopic (exact) mass is 486 g/mol. The summed E-state index contributed by atoms with van der Waals surface area (Å²) in [4.78, 5) is 59.5. The zero-order valence-corrected chi connectivity index (χ0v) is 22.2. The number of carbonyl (C=O) groups excluding carboxylic acids is 4. The van der Waals surface area contributed by atoms with Gasteiger partial charge in [0.25, 0.3) is 11.5 Å². The molecular weight excluding hydrogens is 448 g/mol. The number of hydrogen-bond acceptors (Lipinski definition) is 10. The van der Waals surface area contributed by atoms with E-state index in [0.29, 0.717) is 12.2 Å². The molecule has 0 bridgehead atoms. The van der Waals surface area contributed by atoms with Gasteiger partial charge < -0.3 is 18.9 Å². The summed E-state index contributed by atoms with van der Waals surface area (Å²) in [6, 6.07) is 0. The van der Waals surface area contributed by atoms with Crippen LogP contribution in [-0.4, -0.2) is 46.3 Å². The molecule has 10 nitrogen and oxygen atoms in total. The van der Waals surface area contributed by atoms with Crippen LogP contribution < -0.4 is 0 Å². The fourth-order valence-corrected chi connectivity index (χ4v) is 1.86. The molecule has 0 aromatic carbocycles. The number of carbonyl (C=O) groups is 4. The molecule has 0 aromatic heterocycles. The van der Waals surface area contributed by atoms with Gasteiger partial charge in [-0.2, -0.15) is 0 Å². The molecule has 34 heavy (non-hydrogen) atoms. The summed E-state index contributed by atoms with van der Waals surface area (Å²) in [6.45, 7) is 19.4. The second kappa shape index (κ2) is 11.4. The maximum Gasteiger partial charge on any atom is 0.379 e. The highest BCUT2D eigenvalue weighted by Gasteiger charge is 2.29. The van der Waals surface area contributed by atoms with E-state index >= 15 is 0 Å². The van der Waals surface area contributed by atoms with Crippen LogP contribution in [0.1, 0.15) is 83.1 Å². The maximum absolute atomic E-state index is 12.6. The van der Waals surface area contributed by atoms with Crippen molar-refractivity contribution in [1.82, 2.24) is 0 Å². The summed E-state index contributed by atoms with van der Waals surface area (Å²) >= 11 is 0. The Kier molecular flexibility index (Phi) is 10.4. The highest BCUT2D eigenvalue weighted by atomic mass is 17.2. The standard InChI is InChI=1S/C24H38O10/c1-21(2,3)29-17(25)13-15(19(27)31-23(7,8)9)33-34-16(20(28)32-24(10,11)12)14-18(26)30-22(4,5)6/h13-14H,1-12H3/b15-13+,16-14+. The van der Waals surface area contributed by atoms with Crippen molar-refractivity contribution in [2.75, 3.05) is 0 Å². The van der Waals surface area contributed by atoms with Crippen LogP contribution in [0, 0.1) is 0 Å². The Morgan fingerprint density at radius 2 is 0.676 bits per heavy atom. The lowest BCUT2D eigenvalue weighted by atomic mass is 10.2. The fraction of sp³-hybridized carbons (Fsp3) is 0.667. The lowest BCUT2D eigenvalue weighted by Gasteiger charge is -2.22. The van der Waals surface area contributed by atoms with Crippen LogP contribution in [0.15, 0.2) is 23.7 Å². The van der Waals surface area contributed by atoms with Gasteiger partial charge in [0.05, 0.1) is 12.2 Å². The Bertz CT molecular complexity index is 752. The van der Waals surface area contributed by atoms with E-state index in [1.165, 1.54) is 0 Å². The molecular formula is C24H38O10. The predicted octanol–water partition coefficient (Wildman–Crippen LogP) is 4.07. The SMILES string of the molecule is CC(C)(C)OC(=O)/C=C(/OO/C(=C/C(=O)OC(C)(C)C)C(=O)OC(C)(C)C)C(=O)OC(C)(C)C. The van der Waals surface area contributed by atoms with Crippen LogP contribution in [0.25, 0.3) is 0 Å². The van der Waals surface area contributed by atoms with Crippen LogP contribution in [-0.2, 0) is 47.9 Å². The highest BCUT2D eigenvalue weighted by Crippen LogP contribution is 2.18. The number of rotatable bonds is 7. The molecule has 0 aliphatic carbocycles. The van der Waals surface area contributed by atoms with Gasteiger partial charge in [-0.3, -0.25) is 9.78 Å². The van der Waals surface area contributed by atoms with Crippen LogP contribution in [0.3, 0.4) is 0 Å². The molecule has 0 aliphatic heterocycles. The first-order valence-electron chi connectivity index (χ1n) is 10.7. The number of esters is 4. The topological polar surface area (TPSA) is 124 Å². The lowest BCUT2D eigenvalue weighted by molar-refractivity contribution is -0.240. The van der Waals surface area contributed by atoms with Gasteiger partial charge in [0.15, 0.2) is 0 Å². The number of ether oxygens (including phenoxy) is 4. The van der Waals surface area contributed by atoms with E-state index in [2.05, 4.69) is 0 Å². The van der Waals surface area contributed by atoms with Crippen LogP contribution in [0.5, 0.6) is 0 Å². The lowest BCUT2D eigenvalue weighted by Crippen LogP contribution is -2.29. The smallest absolute Gasteiger partial charge is 0.379 e. The number of hydrogen-bond donors (Lipinski definition) is 0. The van der Waals surface area contributed by atoms with E-state index in [0.717, 1.165) is 0 Å². The van der Waals surface area contributed by atoms with Crippen LogP contribution >= 0.6 is 0 Å². The average molecular weight is 487 g/mol. The van der Waals surface area contributed by atoms with Gasteiger partial charge in [0.1, 0.15) is 22.4 Å². The summed E-state index contributed by atoms with van der Waals surface area (Å²) < 4.78 is 20.7. The second-order valence-electron chi connectivity index (χ2n) is 11.3. The molecule has 10 heteroatoms. The van der Waals surface area contributed by atoms with E-state index in [-0.39, 0.29) is 0 Å². The van der Waals surface area contributed by atoms with Crippen molar-refractivity contribution < 1.29 is 47.9 Å². The van der Waals surface area contributed by atoms with Crippen molar-refractivity contribution >= 4 is 23.9 Å². The van der Waals surface area contributed by atoms with Crippen molar-refractivity contribution in [3.63, 3.8) is 0 Å². The molecule has 0 fully saturated rings. The second-order valence-corrected chi connectivity index (χ2v) is 11.3. The summed E-state index contributed by atoms with van der Waals surface area (Å²) in [5.41, 5.74) is -3.58. The zero-order valence-electron chi connectivity index (χ0n) is 22.2. The van der Waals surface area contributed by atoms with E-state index in [1.54, 1.807) is 83.1 Å². The average Bonchev–Trinajstić information content (AvgIpc) is 2.50. The summed E-state index contributed by atoms with van der Waals surface area (Å²) in [7, 11) is 0. The Balaban J connectivity index is 6.03. The molecule has 0 rings (SSSR count). The molecule has 0 amide bonds.